The molecule has 2 saturated heterocycles. The zero-order valence-electron chi connectivity index (χ0n) is 31.4. The predicted molar refractivity (Wildman–Crippen MR) is 198 cm³/mol. The Morgan fingerprint density at radius 3 is 2.35 bits per heavy atom. The van der Waals surface area contributed by atoms with Crippen molar-refractivity contribution in [3.8, 4) is 11.1 Å². The second kappa shape index (κ2) is 16.4. The van der Waals surface area contributed by atoms with E-state index < -0.39 is 54.6 Å². The summed E-state index contributed by atoms with van der Waals surface area (Å²) >= 11 is 0. The third kappa shape index (κ3) is 8.26. The van der Waals surface area contributed by atoms with E-state index in [1.54, 1.807) is 31.1 Å². The van der Waals surface area contributed by atoms with Gasteiger partial charge in [0.1, 0.15) is 30.7 Å². The van der Waals surface area contributed by atoms with E-state index in [2.05, 4.69) is 30.6 Å². The number of methoxy groups -OCH3 is 1. The van der Waals surface area contributed by atoms with Crippen molar-refractivity contribution < 1.29 is 38.2 Å². The van der Waals surface area contributed by atoms with E-state index in [9.17, 15) is 33.5 Å². The smallest absolute Gasteiger partial charge is 0.407 e. The van der Waals surface area contributed by atoms with Crippen LogP contribution in [-0.4, -0.2) is 121 Å². The van der Waals surface area contributed by atoms with Crippen LogP contribution < -0.4 is 10.6 Å². The molecular formula is C38H46FN9O7. The van der Waals surface area contributed by atoms with Gasteiger partial charge in [-0.05, 0) is 42.4 Å². The molecule has 2 aromatic heterocycles. The highest BCUT2D eigenvalue weighted by Gasteiger charge is 2.43. The molecule has 6 rings (SSSR count). The van der Waals surface area contributed by atoms with Crippen LogP contribution in [0.4, 0.5) is 9.18 Å². The lowest BCUT2D eigenvalue weighted by molar-refractivity contribution is -0.138. The van der Waals surface area contributed by atoms with E-state index in [4.69, 9.17) is 9.72 Å². The number of carbonyl (C=O) groups is 5. The Morgan fingerprint density at radius 2 is 1.67 bits per heavy atom. The van der Waals surface area contributed by atoms with Crippen LogP contribution in [0.2, 0.25) is 0 Å². The average Bonchev–Trinajstić information content (AvgIpc) is 4.00. The molecule has 0 aliphatic carbocycles. The number of rotatable bonds is 12. The first-order valence-corrected chi connectivity index (χ1v) is 18.4. The van der Waals surface area contributed by atoms with Gasteiger partial charge in [-0.1, -0.05) is 33.8 Å². The van der Waals surface area contributed by atoms with Crippen LogP contribution in [0, 0.1) is 11.8 Å². The quantitative estimate of drug-likeness (QED) is 0.198. The van der Waals surface area contributed by atoms with Gasteiger partial charge in [-0.3, -0.25) is 24.2 Å². The van der Waals surface area contributed by atoms with Crippen LogP contribution >= 0.6 is 0 Å². The minimum atomic E-state index is -1.30. The summed E-state index contributed by atoms with van der Waals surface area (Å²) in [7, 11) is 1.26. The first-order valence-electron chi connectivity index (χ1n) is 18.4. The van der Waals surface area contributed by atoms with E-state index in [1.165, 1.54) is 18.2 Å². The number of hydrogen-bond acceptors (Lipinski definition) is 11. The molecular weight excluding hydrogens is 713 g/mol. The number of aliphatic hydroxyl groups excluding tert-OH is 1. The normalized spacial score (nSPS) is 20.8. The fourth-order valence-electron chi connectivity index (χ4n) is 7.34. The number of hydrogen-bond donors (Lipinski definition) is 4. The van der Waals surface area contributed by atoms with Crippen molar-refractivity contribution >= 4 is 46.3 Å². The van der Waals surface area contributed by atoms with Crippen LogP contribution in [0.1, 0.15) is 75.9 Å². The molecule has 16 nitrogen and oxygen atoms in total. The molecule has 5 heterocycles. The SMILES string of the molecule is COC(=O)NC(C(=O)N1CCCC1c1nc2ccc(-c3cnc(C(=O)C4=CN=C(C5CC(F)CN5C(=O)C(NC(=O)CO)C(C)C)C4)nc3)cc2[nH]1)C(C)C. The molecule has 1 aromatic carbocycles. The molecule has 5 atom stereocenters. The van der Waals surface area contributed by atoms with Crippen molar-refractivity contribution in [2.24, 2.45) is 16.8 Å². The van der Waals surface area contributed by atoms with Gasteiger partial charge in [-0.2, -0.15) is 0 Å². The summed E-state index contributed by atoms with van der Waals surface area (Å²) in [6, 6.07) is 2.93. The lowest BCUT2D eigenvalue weighted by Crippen LogP contribution is -2.54. The van der Waals surface area contributed by atoms with Gasteiger partial charge in [-0.25, -0.2) is 24.1 Å². The summed E-state index contributed by atoms with van der Waals surface area (Å²) in [5.41, 5.74) is 3.64. The molecule has 4 amide bonds. The fraction of sp³-hybridized carbons (Fsp3) is 0.500. The number of allylic oxidation sites excluding steroid dienone is 1. The van der Waals surface area contributed by atoms with Crippen molar-refractivity contribution in [2.45, 2.75) is 83.7 Å². The molecule has 3 aromatic rings. The third-order valence-electron chi connectivity index (χ3n) is 10.3. The molecule has 2 fully saturated rings. The standard InChI is InChI=1S/C38H46FN9O7/c1-19(2)31(45-30(50)18-49)37(53)48-17-24(39)13-29(48)27-12-22(14-40-27)33(51)35-41-15-23(16-42-35)21-8-9-25-26(11-21)44-34(43-25)28-7-6-10-47(28)36(52)32(20(3)4)46-38(54)55-5/h8-9,11,14-16,19-20,24,28-29,31-32,49H,6-7,10,12-13,17-18H2,1-5H3,(H,43,44)(H,45,50)(H,46,54). The molecule has 5 unspecified atom stereocenters. The maximum absolute atomic E-state index is 14.7. The first kappa shape index (κ1) is 39.1. The highest BCUT2D eigenvalue weighted by atomic mass is 19.1. The number of H-pyrrole nitrogens is 1. The Hall–Kier alpha value is -5.58. The summed E-state index contributed by atoms with van der Waals surface area (Å²) in [6.45, 7) is 6.80. The number of amides is 4. The number of fused-ring (bicyclic) bond motifs is 1. The van der Waals surface area contributed by atoms with Gasteiger partial charge < -0.3 is 35.3 Å². The lowest BCUT2D eigenvalue weighted by atomic mass is 9.98. The molecule has 0 bridgehead atoms. The molecule has 0 saturated carbocycles. The van der Waals surface area contributed by atoms with E-state index in [-0.39, 0.29) is 49.0 Å². The number of aromatic nitrogens is 4. The number of alkyl halides is 1. The Morgan fingerprint density at radius 1 is 0.982 bits per heavy atom. The Kier molecular flexibility index (Phi) is 11.7. The number of alkyl carbamates (subject to hydrolysis) is 1. The molecule has 0 spiro atoms. The number of benzene rings is 1. The van der Waals surface area contributed by atoms with Gasteiger partial charge in [0, 0.05) is 54.8 Å². The molecule has 17 heteroatoms. The van der Waals surface area contributed by atoms with Crippen molar-refractivity contribution in [1.29, 1.82) is 0 Å². The maximum atomic E-state index is 14.7. The van der Waals surface area contributed by atoms with Crippen molar-refractivity contribution in [2.75, 3.05) is 26.8 Å². The highest BCUT2D eigenvalue weighted by Crippen LogP contribution is 2.34. The Bertz CT molecular complexity index is 2030. The number of Topliss-reactive ketones (excluding diaryl/α,β-unsaturated/α-hetero) is 1. The van der Waals surface area contributed by atoms with Gasteiger partial charge in [0.05, 0.1) is 36.8 Å². The van der Waals surface area contributed by atoms with Crippen molar-refractivity contribution in [3.63, 3.8) is 0 Å². The number of nitrogens with zero attached hydrogens (tertiary/aromatic N) is 6. The zero-order valence-corrected chi connectivity index (χ0v) is 31.4. The van der Waals surface area contributed by atoms with Gasteiger partial charge in [0.15, 0.2) is 0 Å². The van der Waals surface area contributed by atoms with E-state index >= 15 is 0 Å². The highest BCUT2D eigenvalue weighted by molar-refractivity contribution is 6.12. The Labute approximate surface area is 317 Å². The second-order valence-corrected chi connectivity index (χ2v) is 14.8. The Balaban J connectivity index is 1.12. The minimum Gasteiger partial charge on any atom is -0.453 e. The molecule has 3 aliphatic heterocycles. The summed E-state index contributed by atoms with van der Waals surface area (Å²) in [4.78, 5) is 88.6. The number of aliphatic imine (C=N–C) groups is 1. The van der Waals surface area contributed by atoms with Crippen LogP contribution in [0.3, 0.4) is 0 Å². The topological polar surface area (TPSA) is 212 Å². The number of imidazole rings is 1. The van der Waals surface area contributed by atoms with Crippen molar-refractivity contribution in [1.82, 2.24) is 40.4 Å². The van der Waals surface area contributed by atoms with Gasteiger partial charge in [0.25, 0.3) is 0 Å². The van der Waals surface area contributed by atoms with Gasteiger partial charge >= 0.3 is 6.09 Å². The van der Waals surface area contributed by atoms with E-state index in [0.717, 1.165) is 17.5 Å². The molecule has 4 N–H and O–H groups in total. The number of aliphatic hydroxyl groups is 1. The van der Waals surface area contributed by atoms with Crippen LogP contribution in [0.25, 0.3) is 22.2 Å². The minimum absolute atomic E-state index is 0.0101. The number of halogens is 1. The molecule has 3 aliphatic rings. The fourth-order valence-corrected chi connectivity index (χ4v) is 7.34. The summed E-state index contributed by atoms with van der Waals surface area (Å²) in [5, 5.41) is 14.4. The van der Waals surface area contributed by atoms with Gasteiger partial charge in [0.2, 0.25) is 29.3 Å². The molecule has 292 valence electrons. The lowest BCUT2D eigenvalue weighted by Gasteiger charge is -2.31. The maximum Gasteiger partial charge on any atom is 0.407 e. The van der Waals surface area contributed by atoms with E-state index in [1.807, 2.05) is 32.0 Å². The number of nitrogens with one attached hydrogen (secondary N) is 3. The average molecular weight is 760 g/mol. The number of ketones is 1. The third-order valence-corrected chi connectivity index (χ3v) is 10.3. The number of carbonyl (C=O) groups excluding carboxylic acids is 5. The number of likely N-dealkylation sites (tertiary alicyclic amines) is 2. The van der Waals surface area contributed by atoms with Crippen LogP contribution in [0.15, 0.2) is 47.4 Å². The summed E-state index contributed by atoms with van der Waals surface area (Å²) in [5.74, 6) is -1.70. The first-order chi connectivity index (χ1) is 26.3. The largest absolute Gasteiger partial charge is 0.453 e. The van der Waals surface area contributed by atoms with Gasteiger partial charge in [-0.15, -0.1) is 0 Å². The molecule has 0 radical (unpaired) electrons. The summed E-state index contributed by atoms with van der Waals surface area (Å²) in [6.07, 6.45) is 4.13. The summed E-state index contributed by atoms with van der Waals surface area (Å²) < 4.78 is 19.4. The number of aromatic amines is 1. The molecule has 55 heavy (non-hydrogen) atoms. The van der Waals surface area contributed by atoms with E-state index in [0.29, 0.717) is 41.2 Å². The zero-order chi connectivity index (χ0) is 39.6. The van der Waals surface area contributed by atoms with Crippen molar-refractivity contribution in [3.05, 3.63) is 54.0 Å². The van der Waals surface area contributed by atoms with Crippen LogP contribution in [-0.2, 0) is 19.1 Å². The van der Waals surface area contributed by atoms with Crippen LogP contribution in [0.5, 0.6) is 0 Å². The second-order valence-electron chi connectivity index (χ2n) is 14.8. The monoisotopic (exact) mass is 759 g/mol. The predicted octanol–water partition coefficient (Wildman–Crippen LogP) is 3.05. The number of ether oxygens (including phenoxy) is 1.